The minimum absolute atomic E-state index is 0.805. The molecular formula is C13H27NS. The van der Waals surface area contributed by atoms with E-state index in [0.29, 0.717) is 0 Å². The Bertz CT molecular complexity index is 157. The lowest BCUT2D eigenvalue weighted by atomic mass is 10.2. The third-order valence-electron chi connectivity index (χ3n) is 3.24. The molecule has 0 aromatic heterocycles. The van der Waals surface area contributed by atoms with Crippen molar-refractivity contribution in [3.63, 3.8) is 0 Å². The molecule has 1 fully saturated rings. The quantitative estimate of drug-likeness (QED) is 0.649. The van der Waals surface area contributed by atoms with Gasteiger partial charge in [0.2, 0.25) is 0 Å². The van der Waals surface area contributed by atoms with E-state index >= 15 is 0 Å². The van der Waals surface area contributed by atoms with Gasteiger partial charge in [0.25, 0.3) is 0 Å². The van der Waals surface area contributed by atoms with E-state index in [2.05, 4.69) is 37.8 Å². The standard InChI is InChI=1S/C13H27NS/c1-4-8-14-13(12-6-7-12)10-15-9-11(3)5-2/h11-14H,4-10H2,1-3H3. The van der Waals surface area contributed by atoms with Crippen molar-refractivity contribution in [2.75, 3.05) is 18.1 Å². The highest BCUT2D eigenvalue weighted by Gasteiger charge is 2.30. The molecule has 1 saturated carbocycles. The van der Waals surface area contributed by atoms with Crippen molar-refractivity contribution in [1.82, 2.24) is 5.32 Å². The van der Waals surface area contributed by atoms with Crippen LogP contribution >= 0.6 is 11.8 Å². The molecule has 0 radical (unpaired) electrons. The van der Waals surface area contributed by atoms with Crippen LogP contribution in [0.15, 0.2) is 0 Å². The molecule has 15 heavy (non-hydrogen) atoms. The second-order valence-electron chi connectivity index (χ2n) is 4.95. The normalized spacial score (nSPS) is 20.2. The molecule has 2 unspecified atom stereocenters. The van der Waals surface area contributed by atoms with Gasteiger partial charge in [0.05, 0.1) is 0 Å². The average molecular weight is 229 g/mol. The molecule has 0 aliphatic heterocycles. The summed E-state index contributed by atoms with van der Waals surface area (Å²) in [5, 5.41) is 3.70. The van der Waals surface area contributed by atoms with Crippen molar-refractivity contribution in [3.8, 4) is 0 Å². The zero-order valence-electron chi connectivity index (χ0n) is 10.6. The highest BCUT2D eigenvalue weighted by molar-refractivity contribution is 7.99. The van der Waals surface area contributed by atoms with Gasteiger partial charge in [0.1, 0.15) is 0 Å². The van der Waals surface area contributed by atoms with E-state index in [1.165, 1.54) is 43.7 Å². The maximum absolute atomic E-state index is 3.70. The molecule has 2 heteroatoms. The third kappa shape index (κ3) is 5.82. The summed E-state index contributed by atoms with van der Waals surface area (Å²) in [4.78, 5) is 0. The first kappa shape index (κ1) is 13.4. The first-order valence-electron chi connectivity index (χ1n) is 6.59. The molecule has 1 aliphatic carbocycles. The molecule has 1 N–H and O–H groups in total. The summed E-state index contributed by atoms with van der Waals surface area (Å²) in [5.74, 6) is 4.56. The van der Waals surface area contributed by atoms with Crippen LogP contribution in [0.5, 0.6) is 0 Å². The summed E-state index contributed by atoms with van der Waals surface area (Å²) in [6, 6.07) is 0.805. The van der Waals surface area contributed by atoms with E-state index in [4.69, 9.17) is 0 Å². The second-order valence-corrected chi connectivity index (χ2v) is 6.02. The van der Waals surface area contributed by atoms with E-state index in [0.717, 1.165) is 17.9 Å². The molecular weight excluding hydrogens is 202 g/mol. The minimum Gasteiger partial charge on any atom is -0.313 e. The van der Waals surface area contributed by atoms with Gasteiger partial charge < -0.3 is 5.32 Å². The average Bonchev–Trinajstić information content (AvgIpc) is 3.06. The van der Waals surface area contributed by atoms with E-state index in [-0.39, 0.29) is 0 Å². The first-order chi connectivity index (χ1) is 7.27. The lowest BCUT2D eigenvalue weighted by Crippen LogP contribution is -2.34. The van der Waals surface area contributed by atoms with Crippen LogP contribution in [0, 0.1) is 11.8 Å². The van der Waals surface area contributed by atoms with Crippen molar-refractivity contribution in [1.29, 1.82) is 0 Å². The van der Waals surface area contributed by atoms with E-state index in [1.54, 1.807) is 0 Å². The molecule has 1 rings (SSSR count). The Morgan fingerprint density at radius 3 is 2.53 bits per heavy atom. The summed E-state index contributed by atoms with van der Waals surface area (Å²) in [5.41, 5.74) is 0. The fraction of sp³-hybridized carbons (Fsp3) is 1.00. The lowest BCUT2D eigenvalue weighted by Gasteiger charge is -2.18. The van der Waals surface area contributed by atoms with Crippen LogP contribution in [-0.4, -0.2) is 24.1 Å². The van der Waals surface area contributed by atoms with Crippen molar-refractivity contribution < 1.29 is 0 Å². The van der Waals surface area contributed by atoms with E-state index in [1.807, 2.05) is 0 Å². The Kier molecular flexibility index (Phi) is 6.74. The predicted octanol–water partition coefficient (Wildman–Crippen LogP) is 3.54. The number of thioether (sulfide) groups is 1. The summed E-state index contributed by atoms with van der Waals surface area (Å²) in [6.45, 7) is 8.10. The summed E-state index contributed by atoms with van der Waals surface area (Å²) < 4.78 is 0. The van der Waals surface area contributed by atoms with Crippen LogP contribution in [0.3, 0.4) is 0 Å². The largest absolute Gasteiger partial charge is 0.313 e. The molecule has 2 atom stereocenters. The van der Waals surface area contributed by atoms with Crippen molar-refractivity contribution in [2.45, 2.75) is 52.5 Å². The van der Waals surface area contributed by atoms with Crippen molar-refractivity contribution in [2.24, 2.45) is 11.8 Å². The van der Waals surface area contributed by atoms with Crippen molar-refractivity contribution in [3.05, 3.63) is 0 Å². The van der Waals surface area contributed by atoms with Crippen LogP contribution in [0.4, 0.5) is 0 Å². The minimum atomic E-state index is 0.805. The number of rotatable bonds is 9. The van der Waals surface area contributed by atoms with Gasteiger partial charge in [-0.2, -0.15) is 11.8 Å². The number of hydrogen-bond donors (Lipinski definition) is 1. The van der Waals surface area contributed by atoms with E-state index in [9.17, 15) is 0 Å². The van der Waals surface area contributed by atoms with Crippen LogP contribution in [0.25, 0.3) is 0 Å². The maximum atomic E-state index is 3.70. The molecule has 0 bridgehead atoms. The Balaban J connectivity index is 2.08. The third-order valence-corrected chi connectivity index (χ3v) is 4.64. The zero-order valence-corrected chi connectivity index (χ0v) is 11.4. The zero-order chi connectivity index (χ0) is 11.1. The van der Waals surface area contributed by atoms with Crippen LogP contribution in [0.2, 0.25) is 0 Å². The van der Waals surface area contributed by atoms with Crippen LogP contribution in [-0.2, 0) is 0 Å². The fourth-order valence-corrected chi connectivity index (χ4v) is 3.12. The highest BCUT2D eigenvalue weighted by Crippen LogP contribution is 2.34. The van der Waals surface area contributed by atoms with Crippen LogP contribution < -0.4 is 5.32 Å². The van der Waals surface area contributed by atoms with Gasteiger partial charge in [-0.3, -0.25) is 0 Å². The number of nitrogens with one attached hydrogen (secondary N) is 1. The summed E-state index contributed by atoms with van der Waals surface area (Å²) in [6.07, 6.45) is 5.51. The molecule has 90 valence electrons. The van der Waals surface area contributed by atoms with Crippen LogP contribution in [0.1, 0.15) is 46.5 Å². The topological polar surface area (TPSA) is 12.0 Å². The van der Waals surface area contributed by atoms with Gasteiger partial charge in [0, 0.05) is 11.8 Å². The smallest absolute Gasteiger partial charge is 0.0186 e. The first-order valence-corrected chi connectivity index (χ1v) is 7.74. The molecule has 1 nitrogen and oxygen atoms in total. The number of hydrogen-bond acceptors (Lipinski definition) is 2. The molecule has 0 spiro atoms. The molecule has 0 heterocycles. The maximum Gasteiger partial charge on any atom is 0.0186 e. The summed E-state index contributed by atoms with van der Waals surface area (Å²) in [7, 11) is 0. The van der Waals surface area contributed by atoms with Gasteiger partial charge in [-0.25, -0.2) is 0 Å². The SMILES string of the molecule is CCCNC(CSCC(C)CC)C1CC1. The molecule has 0 amide bonds. The molecule has 0 aromatic rings. The van der Waals surface area contributed by atoms with Gasteiger partial charge in [-0.05, 0) is 43.4 Å². The monoisotopic (exact) mass is 229 g/mol. The lowest BCUT2D eigenvalue weighted by molar-refractivity contribution is 0.502. The molecule has 0 aromatic carbocycles. The Labute approximate surface area is 99.8 Å². The Morgan fingerprint density at radius 2 is 2.00 bits per heavy atom. The summed E-state index contributed by atoms with van der Waals surface area (Å²) >= 11 is 2.15. The highest BCUT2D eigenvalue weighted by atomic mass is 32.2. The molecule has 0 saturated heterocycles. The fourth-order valence-electron chi connectivity index (χ4n) is 1.70. The van der Waals surface area contributed by atoms with E-state index < -0.39 is 0 Å². The predicted molar refractivity (Wildman–Crippen MR) is 71.6 cm³/mol. The Morgan fingerprint density at radius 1 is 1.27 bits per heavy atom. The Hall–Kier alpha value is 0.310. The molecule has 1 aliphatic rings. The van der Waals surface area contributed by atoms with Crippen molar-refractivity contribution >= 4 is 11.8 Å². The van der Waals surface area contributed by atoms with Gasteiger partial charge in [-0.15, -0.1) is 0 Å². The van der Waals surface area contributed by atoms with Gasteiger partial charge in [0.15, 0.2) is 0 Å². The van der Waals surface area contributed by atoms with Gasteiger partial charge in [-0.1, -0.05) is 27.2 Å². The second kappa shape index (κ2) is 7.56. The van der Waals surface area contributed by atoms with Gasteiger partial charge >= 0.3 is 0 Å².